The van der Waals surface area contributed by atoms with Crippen molar-refractivity contribution in [3.05, 3.63) is 42.0 Å². The molecular weight excluding hydrogens is 214 g/mol. The van der Waals surface area contributed by atoms with E-state index in [2.05, 4.69) is 0 Å². The number of hydrogen-bond donors (Lipinski definition) is 3. The van der Waals surface area contributed by atoms with Gasteiger partial charge < -0.3 is 21.9 Å². The average Bonchev–Trinajstić information content (AvgIpc) is 2.29. The molecule has 0 saturated heterocycles. The van der Waals surface area contributed by atoms with Crippen molar-refractivity contribution in [1.82, 2.24) is 0 Å². The molecule has 0 amide bonds. The Kier molecular flexibility index (Phi) is 2.78. The molecule has 17 heavy (non-hydrogen) atoms. The van der Waals surface area contributed by atoms with E-state index in [-0.39, 0.29) is 0 Å². The number of nitrogen functional groups attached to an aromatic ring is 3. The van der Waals surface area contributed by atoms with Crippen molar-refractivity contribution in [3.8, 4) is 11.5 Å². The molecule has 0 bridgehead atoms. The normalized spacial score (nSPS) is 10.2. The second kappa shape index (κ2) is 4.25. The van der Waals surface area contributed by atoms with E-state index in [0.717, 1.165) is 5.56 Å². The van der Waals surface area contributed by atoms with E-state index in [1.807, 2.05) is 19.1 Å². The summed E-state index contributed by atoms with van der Waals surface area (Å²) in [5, 5.41) is 0. The van der Waals surface area contributed by atoms with Crippen LogP contribution in [0.15, 0.2) is 36.4 Å². The van der Waals surface area contributed by atoms with Gasteiger partial charge in [0.05, 0.1) is 11.4 Å². The minimum absolute atomic E-state index is 0.502. The van der Waals surface area contributed by atoms with Crippen LogP contribution in [-0.2, 0) is 0 Å². The SMILES string of the molecule is Cc1ccc(Oc2ccc(N)c(N)c2)cc1N. The summed E-state index contributed by atoms with van der Waals surface area (Å²) < 4.78 is 5.63. The Morgan fingerprint density at radius 3 is 1.94 bits per heavy atom. The summed E-state index contributed by atoms with van der Waals surface area (Å²) in [7, 11) is 0. The minimum atomic E-state index is 0.502. The van der Waals surface area contributed by atoms with Gasteiger partial charge in [0.15, 0.2) is 0 Å². The summed E-state index contributed by atoms with van der Waals surface area (Å²) >= 11 is 0. The lowest BCUT2D eigenvalue weighted by atomic mass is 10.2. The highest BCUT2D eigenvalue weighted by Gasteiger charge is 2.02. The molecule has 0 saturated carbocycles. The summed E-state index contributed by atoms with van der Waals surface area (Å²) in [6.07, 6.45) is 0. The molecule has 0 fully saturated rings. The highest BCUT2D eigenvalue weighted by molar-refractivity contribution is 5.65. The predicted octanol–water partition coefficient (Wildman–Crippen LogP) is 2.53. The first-order valence-electron chi connectivity index (χ1n) is 5.25. The van der Waals surface area contributed by atoms with Crippen LogP contribution >= 0.6 is 0 Å². The molecule has 0 aromatic heterocycles. The predicted molar refractivity (Wildman–Crippen MR) is 70.9 cm³/mol. The van der Waals surface area contributed by atoms with E-state index in [0.29, 0.717) is 28.6 Å². The Labute approximate surface area is 100.0 Å². The Bertz CT molecular complexity index is 503. The average molecular weight is 229 g/mol. The molecule has 4 heteroatoms. The van der Waals surface area contributed by atoms with Crippen molar-refractivity contribution in [2.24, 2.45) is 0 Å². The van der Waals surface area contributed by atoms with Gasteiger partial charge in [0.1, 0.15) is 11.5 Å². The Hall–Kier alpha value is -2.36. The number of benzene rings is 2. The zero-order valence-corrected chi connectivity index (χ0v) is 9.60. The summed E-state index contributed by atoms with van der Waals surface area (Å²) in [6.45, 7) is 1.94. The first-order chi connectivity index (χ1) is 8.06. The molecule has 0 aliphatic heterocycles. The lowest BCUT2D eigenvalue weighted by Gasteiger charge is -2.09. The van der Waals surface area contributed by atoms with Gasteiger partial charge in [-0.2, -0.15) is 0 Å². The molecule has 0 aliphatic rings. The van der Waals surface area contributed by atoms with E-state index < -0.39 is 0 Å². The molecule has 0 radical (unpaired) electrons. The molecule has 2 aromatic carbocycles. The molecule has 0 spiro atoms. The molecule has 2 rings (SSSR count). The van der Waals surface area contributed by atoms with Gasteiger partial charge in [-0.3, -0.25) is 0 Å². The lowest BCUT2D eigenvalue weighted by molar-refractivity contribution is 0.483. The summed E-state index contributed by atoms with van der Waals surface area (Å²) in [5.74, 6) is 1.32. The molecule has 0 atom stereocenters. The third kappa shape index (κ3) is 2.42. The smallest absolute Gasteiger partial charge is 0.129 e. The van der Waals surface area contributed by atoms with Crippen LogP contribution in [-0.4, -0.2) is 0 Å². The van der Waals surface area contributed by atoms with Crippen LogP contribution in [0.5, 0.6) is 11.5 Å². The van der Waals surface area contributed by atoms with Crippen LogP contribution in [0.25, 0.3) is 0 Å². The maximum atomic E-state index is 5.80. The van der Waals surface area contributed by atoms with Crippen molar-refractivity contribution in [3.63, 3.8) is 0 Å². The fourth-order valence-corrected chi connectivity index (χ4v) is 1.43. The molecule has 0 aliphatic carbocycles. The van der Waals surface area contributed by atoms with E-state index >= 15 is 0 Å². The second-order valence-electron chi connectivity index (χ2n) is 3.91. The highest BCUT2D eigenvalue weighted by atomic mass is 16.5. The Morgan fingerprint density at radius 2 is 1.35 bits per heavy atom. The second-order valence-corrected chi connectivity index (χ2v) is 3.91. The molecule has 4 nitrogen and oxygen atoms in total. The zero-order chi connectivity index (χ0) is 12.4. The fourth-order valence-electron chi connectivity index (χ4n) is 1.43. The molecular formula is C13H15N3O. The van der Waals surface area contributed by atoms with E-state index in [1.54, 1.807) is 24.3 Å². The summed E-state index contributed by atoms with van der Waals surface area (Å²) in [5.41, 5.74) is 19.9. The van der Waals surface area contributed by atoms with Gasteiger partial charge in [0, 0.05) is 17.8 Å². The van der Waals surface area contributed by atoms with Crippen LogP contribution in [0.3, 0.4) is 0 Å². The van der Waals surface area contributed by atoms with Crippen molar-refractivity contribution < 1.29 is 4.74 Å². The van der Waals surface area contributed by atoms with Crippen molar-refractivity contribution >= 4 is 17.1 Å². The maximum Gasteiger partial charge on any atom is 0.129 e. The molecule has 0 unspecified atom stereocenters. The van der Waals surface area contributed by atoms with Crippen LogP contribution in [0.2, 0.25) is 0 Å². The van der Waals surface area contributed by atoms with Gasteiger partial charge in [-0.05, 0) is 30.7 Å². The van der Waals surface area contributed by atoms with E-state index in [4.69, 9.17) is 21.9 Å². The first-order valence-corrected chi connectivity index (χ1v) is 5.25. The number of rotatable bonds is 2. The monoisotopic (exact) mass is 229 g/mol. The zero-order valence-electron chi connectivity index (χ0n) is 9.60. The first kappa shape index (κ1) is 11.1. The van der Waals surface area contributed by atoms with E-state index in [9.17, 15) is 0 Å². The van der Waals surface area contributed by atoms with Gasteiger partial charge in [0.2, 0.25) is 0 Å². The lowest BCUT2D eigenvalue weighted by Crippen LogP contribution is -1.95. The fraction of sp³-hybridized carbons (Fsp3) is 0.0769. The van der Waals surface area contributed by atoms with Crippen LogP contribution in [0, 0.1) is 6.92 Å². The van der Waals surface area contributed by atoms with Gasteiger partial charge in [0.25, 0.3) is 0 Å². The minimum Gasteiger partial charge on any atom is -0.457 e. The van der Waals surface area contributed by atoms with Crippen molar-refractivity contribution in [2.75, 3.05) is 17.2 Å². The molecule has 0 heterocycles. The third-order valence-electron chi connectivity index (χ3n) is 2.54. The summed E-state index contributed by atoms with van der Waals surface area (Å²) in [6, 6.07) is 10.7. The van der Waals surface area contributed by atoms with Gasteiger partial charge in [-0.15, -0.1) is 0 Å². The largest absolute Gasteiger partial charge is 0.457 e. The standard InChI is InChI=1S/C13H15N3O/c1-8-2-3-9(6-12(8)15)17-10-4-5-11(14)13(16)7-10/h2-7H,14-16H2,1H3. The Balaban J connectivity index is 2.25. The number of ether oxygens (including phenoxy) is 1. The molecule has 88 valence electrons. The molecule has 6 N–H and O–H groups in total. The summed E-state index contributed by atoms with van der Waals surface area (Å²) in [4.78, 5) is 0. The number of anilines is 3. The molecule has 2 aromatic rings. The van der Waals surface area contributed by atoms with Gasteiger partial charge >= 0.3 is 0 Å². The highest BCUT2D eigenvalue weighted by Crippen LogP contribution is 2.28. The van der Waals surface area contributed by atoms with Crippen molar-refractivity contribution in [2.45, 2.75) is 6.92 Å². The number of aryl methyl sites for hydroxylation is 1. The van der Waals surface area contributed by atoms with Gasteiger partial charge in [-0.25, -0.2) is 0 Å². The van der Waals surface area contributed by atoms with Gasteiger partial charge in [-0.1, -0.05) is 6.07 Å². The number of hydrogen-bond acceptors (Lipinski definition) is 4. The van der Waals surface area contributed by atoms with Crippen LogP contribution < -0.4 is 21.9 Å². The van der Waals surface area contributed by atoms with E-state index in [1.165, 1.54) is 0 Å². The maximum absolute atomic E-state index is 5.80. The third-order valence-corrected chi connectivity index (χ3v) is 2.54. The van der Waals surface area contributed by atoms with Crippen LogP contribution in [0.4, 0.5) is 17.1 Å². The number of nitrogens with two attached hydrogens (primary N) is 3. The van der Waals surface area contributed by atoms with Crippen LogP contribution in [0.1, 0.15) is 5.56 Å². The quantitative estimate of drug-likeness (QED) is 0.690. The van der Waals surface area contributed by atoms with Crippen molar-refractivity contribution in [1.29, 1.82) is 0 Å². The topological polar surface area (TPSA) is 87.3 Å². The Morgan fingerprint density at radius 1 is 0.765 bits per heavy atom.